The Balaban J connectivity index is 1.82. The number of allylic oxidation sites excluding steroid dienone is 2. The third-order valence-corrected chi connectivity index (χ3v) is 4.97. The summed E-state index contributed by atoms with van der Waals surface area (Å²) in [4.78, 5) is 39.4. The van der Waals surface area contributed by atoms with Gasteiger partial charge in [-0.2, -0.15) is 0 Å². The Hall–Kier alpha value is -2.63. The van der Waals surface area contributed by atoms with Crippen molar-refractivity contribution in [3.8, 4) is 0 Å². The number of esters is 1. The minimum absolute atomic E-state index is 0.208. The second kappa shape index (κ2) is 6.94. The van der Waals surface area contributed by atoms with Gasteiger partial charge >= 0.3 is 5.97 Å². The molecule has 0 bridgehead atoms. The van der Waals surface area contributed by atoms with E-state index in [1.165, 1.54) is 4.90 Å². The van der Waals surface area contributed by atoms with E-state index in [1.54, 1.807) is 45.0 Å². The van der Waals surface area contributed by atoms with Crippen LogP contribution in [-0.2, 0) is 19.1 Å². The molecule has 0 fully saturated rings. The molecule has 6 heteroatoms. The maximum absolute atomic E-state index is 13.1. The topological polar surface area (TPSA) is 75.7 Å². The Morgan fingerprint density at radius 3 is 2.69 bits per heavy atom. The van der Waals surface area contributed by atoms with E-state index < -0.39 is 17.6 Å². The number of amides is 2. The quantitative estimate of drug-likeness (QED) is 0.667. The summed E-state index contributed by atoms with van der Waals surface area (Å²) < 4.78 is 5.45. The van der Waals surface area contributed by atoms with Crippen LogP contribution in [0.15, 0.2) is 36.4 Å². The highest BCUT2D eigenvalue weighted by molar-refractivity contribution is 6.15. The molecule has 3 rings (SSSR count). The standard InChI is InChI=1S/C20H24N2O4/c1-13(26-18(24)14-9-5-4-6-10-14)17(23)22-16-12-8-7-11-15(16)21-19(25)20(22,2)3/h4-5,7-8,11-14H,6,9-10H2,1-3H3,(H,21,25)/t13-,14+/m0/s1. The molecule has 138 valence electrons. The fourth-order valence-corrected chi connectivity index (χ4v) is 3.36. The zero-order chi connectivity index (χ0) is 18.9. The average molecular weight is 356 g/mol. The second-order valence-electron chi connectivity index (χ2n) is 7.26. The molecule has 0 unspecified atom stereocenters. The largest absolute Gasteiger partial charge is 0.452 e. The summed E-state index contributed by atoms with van der Waals surface area (Å²) in [6.07, 6.45) is 5.26. The first-order chi connectivity index (χ1) is 12.3. The van der Waals surface area contributed by atoms with E-state index in [4.69, 9.17) is 4.74 Å². The smallest absolute Gasteiger partial charge is 0.310 e. The van der Waals surface area contributed by atoms with E-state index in [-0.39, 0.29) is 17.8 Å². The predicted octanol–water partition coefficient (Wildman–Crippen LogP) is 3.04. The average Bonchev–Trinajstić information content (AvgIpc) is 2.62. The number of hydrogen-bond acceptors (Lipinski definition) is 4. The number of benzene rings is 1. The number of rotatable bonds is 3. The maximum atomic E-state index is 13.1. The SMILES string of the molecule is C[C@H](OC(=O)[C@@H]1CC=CCC1)C(=O)N1c2ccccc2NC(=O)C1(C)C. The van der Waals surface area contributed by atoms with Gasteiger partial charge < -0.3 is 10.1 Å². The van der Waals surface area contributed by atoms with Crippen molar-refractivity contribution in [3.63, 3.8) is 0 Å². The monoisotopic (exact) mass is 356 g/mol. The lowest BCUT2D eigenvalue weighted by molar-refractivity contribution is -0.158. The van der Waals surface area contributed by atoms with Crippen LogP contribution in [0.5, 0.6) is 0 Å². The molecule has 6 nitrogen and oxygen atoms in total. The summed E-state index contributed by atoms with van der Waals surface area (Å²) in [5.74, 6) is -1.25. The number of fused-ring (bicyclic) bond motifs is 1. The number of carbonyl (C=O) groups excluding carboxylic acids is 3. The highest BCUT2D eigenvalue weighted by Crippen LogP contribution is 2.37. The highest BCUT2D eigenvalue weighted by atomic mass is 16.5. The molecule has 0 spiro atoms. The van der Waals surface area contributed by atoms with Crippen molar-refractivity contribution in [2.45, 2.75) is 51.7 Å². The summed E-state index contributed by atoms with van der Waals surface area (Å²) in [6, 6.07) is 7.11. The van der Waals surface area contributed by atoms with Crippen molar-refractivity contribution in [3.05, 3.63) is 36.4 Å². The van der Waals surface area contributed by atoms with E-state index in [2.05, 4.69) is 5.32 Å². The number of para-hydroxylation sites is 2. The first-order valence-electron chi connectivity index (χ1n) is 8.92. The molecule has 1 aromatic carbocycles. The lowest BCUT2D eigenvalue weighted by Crippen LogP contribution is -2.60. The Morgan fingerprint density at radius 1 is 1.27 bits per heavy atom. The Labute approximate surface area is 153 Å². The zero-order valence-electron chi connectivity index (χ0n) is 15.3. The molecule has 2 aliphatic rings. The number of nitrogens with zero attached hydrogens (tertiary/aromatic N) is 1. The van der Waals surface area contributed by atoms with E-state index in [0.29, 0.717) is 17.8 Å². The van der Waals surface area contributed by atoms with Gasteiger partial charge in [-0.1, -0.05) is 24.3 Å². The minimum Gasteiger partial charge on any atom is -0.452 e. The van der Waals surface area contributed by atoms with Gasteiger partial charge in [0.2, 0.25) is 5.91 Å². The van der Waals surface area contributed by atoms with Crippen molar-refractivity contribution in [2.75, 3.05) is 10.2 Å². The molecule has 0 saturated carbocycles. The normalized spacial score (nSPS) is 22.2. The molecule has 2 amide bonds. The van der Waals surface area contributed by atoms with Crippen molar-refractivity contribution >= 4 is 29.2 Å². The van der Waals surface area contributed by atoms with Crippen molar-refractivity contribution in [2.24, 2.45) is 5.92 Å². The van der Waals surface area contributed by atoms with Crippen LogP contribution in [-0.4, -0.2) is 29.4 Å². The fraction of sp³-hybridized carbons (Fsp3) is 0.450. The van der Waals surface area contributed by atoms with Crippen LogP contribution >= 0.6 is 0 Å². The number of ether oxygens (including phenoxy) is 1. The van der Waals surface area contributed by atoms with Crippen LogP contribution in [0.1, 0.15) is 40.0 Å². The van der Waals surface area contributed by atoms with Crippen LogP contribution < -0.4 is 10.2 Å². The summed E-state index contributed by atoms with van der Waals surface area (Å²) in [6.45, 7) is 4.91. The number of nitrogens with one attached hydrogen (secondary N) is 1. The minimum atomic E-state index is -1.08. The molecule has 1 aromatic rings. The zero-order valence-corrected chi connectivity index (χ0v) is 15.3. The number of carbonyl (C=O) groups is 3. The van der Waals surface area contributed by atoms with Crippen LogP contribution in [0.2, 0.25) is 0 Å². The van der Waals surface area contributed by atoms with Gasteiger partial charge in [0.1, 0.15) is 5.54 Å². The Bertz CT molecular complexity index is 769. The first-order valence-corrected chi connectivity index (χ1v) is 8.92. The Morgan fingerprint density at radius 2 is 2.00 bits per heavy atom. The van der Waals surface area contributed by atoms with Gasteiger partial charge in [-0.25, -0.2) is 0 Å². The van der Waals surface area contributed by atoms with Crippen molar-refractivity contribution < 1.29 is 19.1 Å². The molecule has 2 atom stereocenters. The molecule has 1 aliphatic heterocycles. The fourth-order valence-electron chi connectivity index (χ4n) is 3.36. The molecule has 1 heterocycles. The third kappa shape index (κ3) is 3.23. The molecular formula is C20H24N2O4. The molecule has 1 N–H and O–H groups in total. The predicted molar refractivity (Wildman–Crippen MR) is 98.7 cm³/mol. The third-order valence-electron chi connectivity index (χ3n) is 4.97. The number of anilines is 2. The summed E-state index contributed by atoms with van der Waals surface area (Å²) >= 11 is 0. The molecule has 1 aliphatic carbocycles. The summed E-state index contributed by atoms with van der Waals surface area (Å²) in [5.41, 5.74) is 0.0892. The van der Waals surface area contributed by atoms with Crippen molar-refractivity contribution in [1.29, 1.82) is 0 Å². The van der Waals surface area contributed by atoms with Gasteiger partial charge in [0.25, 0.3) is 5.91 Å². The van der Waals surface area contributed by atoms with E-state index in [1.807, 2.05) is 12.2 Å². The molecule has 26 heavy (non-hydrogen) atoms. The molecule has 0 aromatic heterocycles. The van der Waals surface area contributed by atoms with Gasteiger partial charge in [0.05, 0.1) is 17.3 Å². The molecule has 0 saturated heterocycles. The van der Waals surface area contributed by atoms with E-state index in [0.717, 1.165) is 12.8 Å². The molecule has 0 radical (unpaired) electrons. The molecular weight excluding hydrogens is 332 g/mol. The lowest BCUT2D eigenvalue weighted by Gasteiger charge is -2.42. The van der Waals surface area contributed by atoms with E-state index >= 15 is 0 Å². The highest BCUT2D eigenvalue weighted by Gasteiger charge is 2.45. The van der Waals surface area contributed by atoms with Crippen LogP contribution in [0.3, 0.4) is 0 Å². The van der Waals surface area contributed by atoms with Crippen molar-refractivity contribution in [1.82, 2.24) is 0 Å². The first kappa shape index (κ1) is 18.2. The van der Waals surface area contributed by atoms with Gasteiger partial charge in [0.15, 0.2) is 6.10 Å². The van der Waals surface area contributed by atoms with Crippen LogP contribution in [0, 0.1) is 5.92 Å². The van der Waals surface area contributed by atoms with Crippen LogP contribution in [0.25, 0.3) is 0 Å². The van der Waals surface area contributed by atoms with Crippen LogP contribution in [0.4, 0.5) is 11.4 Å². The van der Waals surface area contributed by atoms with Gasteiger partial charge in [-0.05, 0) is 52.2 Å². The summed E-state index contributed by atoms with van der Waals surface area (Å²) in [5, 5.41) is 2.82. The maximum Gasteiger partial charge on any atom is 0.310 e. The summed E-state index contributed by atoms with van der Waals surface area (Å²) in [7, 11) is 0. The van der Waals surface area contributed by atoms with E-state index in [9.17, 15) is 14.4 Å². The Kier molecular flexibility index (Phi) is 4.85. The lowest BCUT2D eigenvalue weighted by atomic mass is 9.94. The van der Waals surface area contributed by atoms with Gasteiger partial charge in [0, 0.05) is 0 Å². The second-order valence-corrected chi connectivity index (χ2v) is 7.26. The number of hydrogen-bond donors (Lipinski definition) is 1. The van der Waals surface area contributed by atoms with Gasteiger partial charge in [-0.3, -0.25) is 19.3 Å². The van der Waals surface area contributed by atoms with Gasteiger partial charge in [-0.15, -0.1) is 0 Å².